The maximum absolute atomic E-state index is 5.29. The number of nitrogens with one attached hydrogen (secondary N) is 1. The smallest absolute Gasteiger partial charge is 0.221 e. The van der Waals surface area contributed by atoms with E-state index in [2.05, 4.69) is 16.4 Å². The molecule has 0 aliphatic heterocycles. The SMILES string of the molecule is COc1nccc2c(Nc3ccccc3)cccc12. The first kappa shape index (κ1) is 11.5. The fraction of sp³-hybridized carbons (Fsp3) is 0.0625. The Morgan fingerprint density at radius 3 is 2.53 bits per heavy atom. The number of anilines is 2. The average molecular weight is 250 g/mol. The van der Waals surface area contributed by atoms with Crippen LogP contribution in [0.1, 0.15) is 0 Å². The number of methoxy groups -OCH3 is 1. The van der Waals surface area contributed by atoms with Crippen LogP contribution in [0, 0.1) is 0 Å². The van der Waals surface area contributed by atoms with Crippen molar-refractivity contribution in [1.82, 2.24) is 4.98 Å². The van der Waals surface area contributed by atoms with E-state index < -0.39 is 0 Å². The Kier molecular flexibility index (Phi) is 3.02. The zero-order valence-electron chi connectivity index (χ0n) is 10.6. The molecule has 0 fully saturated rings. The van der Waals surface area contributed by atoms with Crippen LogP contribution in [0.4, 0.5) is 11.4 Å². The molecule has 3 aromatic rings. The van der Waals surface area contributed by atoms with E-state index in [1.54, 1.807) is 13.3 Å². The molecule has 1 heterocycles. The van der Waals surface area contributed by atoms with Gasteiger partial charge in [0.15, 0.2) is 0 Å². The third-order valence-corrected chi connectivity index (χ3v) is 3.02. The van der Waals surface area contributed by atoms with E-state index in [4.69, 9.17) is 4.74 Å². The second kappa shape index (κ2) is 4.98. The molecule has 0 unspecified atom stereocenters. The summed E-state index contributed by atoms with van der Waals surface area (Å²) in [4.78, 5) is 4.22. The van der Waals surface area contributed by atoms with Gasteiger partial charge >= 0.3 is 0 Å². The van der Waals surface area contributed by atoms with E-state index in [-0.39, 0.29) is 0 Å². The number of aromatic nitrogens is 1. The van der Waals surface area contributed by atoms with E-state index in [1.165, 1.54) is 0 Å². The number of ether oxygens (including phenoxy) is 1. The van der Waals surface area contributed by atoms with Gasteiger partial charge in [0.1, 0.15) is 0 Å². The number of pyridine rings is 1. The van der Waals surface area contributed by atoms with Crippen LogP contribution in [-0.4, -0.2) is 12.1 Å². The highest BCUT2D eigenvalue weighted by atomic mass is 16.5. The number of rotatable bonds is 3. The number of para-hydroxylation sites is 1. The van der Waals surface area contributed by atoms with Gasteiger partial charge in [0.05, 0.1) is 7.11 Å². The van der Waals surface area contributed by atoms with Crippen molar-refractivity contribution in [1.29, 1.82) is 0 Å². The van der Waals surface area contributed by atoms with E-state index in [1.807, 2.05) is 48.5 Å². The second-order valence-electron chi connectivity index (χ2n) is 4.21. The summed E-state index contributed by atoms with van der Waals surface area (Å²) in [6, 6.07) is 18.1. The van der Waals surface area contributed by atoms with Crippen molar-refractivity contribution >= 4 is 22.1 Å². The molecule has 19 heavy (non-hydrogen) atoms. The molecule has 0 spiro atoms. The highest BCUT2D eigenvalue weighted by Gasteiger charge is 2.06. The largest absolute Gasteiger partial charge is 0.481 e. The first-order valence-electron chi connectivity index (χ1n) is 6.12. The van der Waals surface area contributed by atoms with Crippen LogP contribution >= 0.6 is 0 Å². The first-order valence-corrected chi connectivity index (χ1v) is 6.12. The summed E-state index contributed by atoms with van der Waals surface area (Å²) in [6.45, 7) is 0. The number of hydrogen-bond donors (Lipinski definition) is 1. The molecule has 0 bridgehead atoms. The van der Waals surface area contributed by atoms with Gasteiger partial charge in [0, 0.05) is 28.3 Å². The van der Waals surface area contributed by atoms with E-state index in [9.17, 15) is 0 Å². The third kappa shape index (κ3) is 2.22. The highest BCUT2D eigenvalue weighted by molar-refractivity contribution is 5.97. The lowest BCUT2D eigenvalue weighted by Gasteiger charge is -2.11. The Bertz CT molecular complexity index is 695. The monoisotopic (exact) mass is 250 g/mol. The molecule has 94 valence electrons. The molecule has 0 saturated heterocycles. The van der Waals surface area contributed by atoms with Gasteiger partial charge in [0.25, 0.3) is 0 Å². The molecule has 0 amide bonds. The Labute approximate surface area is 111 Å². The van der Waals surface area contributed by atoms with Gasteiger partial charge in [-0.2, -0.15) is 0 Å². The maximum Gasteiger partial charge on any atom is 0.221 e. The second-order valence-corrected chi connectivity index (χ2v) is 4.21. The van der Waals surface area contributed by atoms with Gasteiger partial charge in [-0.1, -0.05) is 24.3 Å². The molecule has 0 aliphatic carbocycles. The molecule has 0 radical (unpaired) electrons. The molecule has 3 nitrogen and oxygen atoms in total. The summed E-state index contributed by atoms with van der Waals surface area (Å²) < 4.78 is 5.29. The van der Waals surface area contributed by atoms with Crippen molar-refractivity contribution in [3.05, 3.63) is 60.8 Å². The van der Waals surface area contributed by atoms with E-state index in [0.29, 0.717) is 5.88 Å². The molecule has 3 heteroatoms. The maximum atomic E-state index is 5.29. The van der Waals surface area contributed by atoms with Crippen LogP contribution in [0.5, 0.6) is 5.88 Å². The van der Waals surface area contributed by atoms with Crippen molar-refractivity contribution in [2.24, 2.45) is 0 Å². The average Bonchev–Trinajstić information content (AvgIpc) is 2.48. The van der Waals surface area contributed by atoms with Crippen molar-refractivity contribution in [3.8, 4) is 5.88 Å². The summed E-state index contributed by atoms with van der Waals surface area (Å²) in [5.41, 5.74) is 2.11. The van der Waals surface area contributed by atoms with Crippen LogP contribution in [0.25, 0.3) is 10.8 Å². The number of nitrogens with zero attached hydrogens (tertiary/aromatic N) is 1. The standard InChI is InChI=1S/C16H14N2O/c1-19-16-14-8-5-9-15(13(14)10-11-17-16)18-12-6-3-2-4-7-12/h2-11,18H,1H3. The lowest BCUT2D eigenvalue weighted by atomic mass is 10.1. The minimum absolute atomic E-state index is 0.647. The molecular formula is C16H14N2O. The molecule has 2 aromatic carbocycles. The summed E-state index contributed by atoms with van der Waals surface area (Å²) >= 11 is 0. The Balaban J connectivity index is 2.09. The lowest BCUT2D eigenvalue weighted by molar-refractivity contribution is 0.403. The summed E-state index contributed by atoms with van der Waals surface area (Å²) in [7, 11) is 1.64. The quantitative estimate of drug-likeness (QED) is 0.763. The fourth-order valence-electron chi connectivity index (χ4n) is 2.13. The highest BCUT2D eigenvalue weighted by Crippen LogP contribution is 2.30. The van der Waals surface area contributed by atoms with Gasteiger partial charge in [-0.25, -0.2) is 4.98 Å². The Morgan fingerprint density at radius 2 is 1.74 bits per heavy atom. The molecular weight excluding hydrogens is 236 g/mol. The van der Waals surface area contributed by atoms with Gasteiger partial charge in [-0.15, -0.1) is 0 Å². The van der Waals surface area contributed by atoms with Crippen LogP contribution < -0.4 is 10.1 Å². The minimum atomic E-state index is 0.647. The number of benzene rings is 2. The van der Waals surface area contributed by atoms with Crippen molar-refractivity contribution in [3.63, 3.8) is 0 Å². The fourth-order valence-corrected chi connectivity index (χ4v) is 2.13. The van der Waals surface area contributed by atoms with E-state index in [0.717, 1.165) is 22.1 Å². The predicted octanol–water partition coefficient (Wildman–Crippen LogP) is 3.99. The van der Waals surface area contributed by atoms with E-state index >= 15 is 0 Å². The zero-order valence-corrected chi connectivity index (χ0v) is 10.6. The lowest BCUT2D eigenvalue weighted by Crippen LogP contribution is -1.93. The van der Waals surface area contributed by atoms with Crippen LogP contribution in [-0.2, 0) is 0 Å². The molecule has 1 aromatic heterocycles. The molecule has 0 aliphatic rings. The third-order valence-electron chi connectivity index (χ3n) is 3.02. The van der Waals surface area contributed by atoms with Gasteiger partial charge in [-0.3, -0.25) is 0 Å². The van der Waals surface area contributed by atoms with Crippen molar-refractivity contribution in [2.75, 3.05) is 12.4 Å². The van der Waals surface area contributed by atoms with Gasteiger partial charge in [-0.05, 0) is 30.3 Å². The normalized spacial score (nSPS) is 10.4. The van der Waals surface area contributed by atoms with Crippen LogP contribution in [0.2, 0.25) is 0 Å². The number of hydrogen-bond acceptors (Lipinski definition) is 3. The molecule has 1 N–H and O–H groups in total. The number of fused-ring (bicyclic) bond motifs is 1. The van der Waals surface area contributed by atoms with Crippen LogP contribution in [0.15, 0.2) is 60.8 Å². The van der Waals surface area contributed by atoms with Gasteiger partial charge < -0.3 is 10.1 Å². The predicted molar refractivity (Wildman–Crippen MR) is 78.0 cm³/mol. The summed E-state index contributed by atoms with van der Waals surface area (Å²) in [5.74, 6) is 0.647. The van der Waals surface area contributed by atoms with Crippen LogP contribution in [0.3, 0.4) is 0 Å². The van der Waals surface area contributed by atoms with Crippen molar-refractivity contribution in [2.45, 2.75) is 0 Å². The first-order chi connectivity index (χ1) is 9.38. The molecule has 0 atom stereocenters. The Hall–Kier alpha value is -2.55. The summed E-state index contributed by atoms with van der Waals surface area (Å²) in [5, 5.41) is 5.52. The zero-order chi connectivity index (χ0) is 13.1. The summed E-state index contributed by atoms with van der Waals surface area (Å²) in [6.07, 6.45) is 1.76. The van der Waals surface area contributed by atoms with Gasteiger partial charge in [0.2, 0.25) is 5.88 Å². The Morgan fingerprint density at radius 1 is 0.895 bits per heavy atom. The minimum Gasteiger partial charge on any atom is -0.481 e. The topological polar surface area (TPSA) is 34.1 Å². The molecule has 0 saturated carbocycles. The van der Waals surface area contributed by atoms with Crippen molar-refractivity contribution < 1.29 is 4.74 Å². The molecule has 3 rings (SSSR count).